The largest absolute Gasteiger partial charge is 0.381 e. The maximum Gasteiger partial charge on any atom is 0.101 e. The first-order valence-corrected chi connectivity index (χ1v) is 7.08. The summed E-state index contributed by atoms with van der Waals surface area (Å²) in [5.74, 6) is 1.19. The SMILES string of the molecule is CC(N)(C#N)CCCCSC1CCOCC1. The average molecular weight is 242 g/mol. The van der Waals surface area contributed by atoms with Crippen LogP contribution in [0.15, 0.2) is 0 Å². The van der Waals surface area contributed by atoms with Crippen LogP contribution < -0.4 is 5.73 Å². The molecule has 1 saturated heterocycles. The first-order valence-electron chi connectivity index (χ1n) is 6.03. The van der Waals surface area contributed by atoms with Gasteiger partial charge in [0.2, 0.25) is 0 Å². The van der Waals surface area contributed by atoms with Gasteiger partial charge >= 0.3 is 0 Å². The number of thioether (sulfide) groups is 1. The third-order valence-corrected chi connectivity index (χ3v) is 4.33. The van der Waals surface area contributed by atoms with E-state index in [-0.39, 0.29) is 0 Å². The van der Waals surface area contributed by atoms with Gasteiger partial charge in [-0.2, -0.15) is 17.0 Å². The van der Waals surface area contributed by atoms with Gasteiger partial charge in [-0.25, -0.2) is 0 Å². The van der Waals surface area contributed by atoms with Gasteiger partial charge in [-0.15, -0.1) is 0 Å². The van der Waals surface area contributed by atoms with Crippen molar-refractivity contribution in [1.82, 2.24) is 0 Å². The average Bonchev–Trinajstić information content (AvgIpc) is 2.30. The highest BCUT2D eigenvalue weighted by molar-refractivity contribution is 7.99. The van der Waals surface area contributed by atoms with Gasteiger partial charge in [-0.3, -0.25) is 0 Å². The summed E-state index contributed by atoms with van der Waals surface area (Å²) in [6.07, 6.45) is 5.40. The van der Waals surface area contributed by atoms with Crippen molar-refractivity contribution in [2.24, 2.45) is 5.73 Å². The van der Waals surface area contributed by atoms with Gasteiger partial charge in [-0.05, 0) is 44.8 Å². The van der Waals surface area contributed by atoms with E-state index in [9.17, 15) is 0 Å². The van der Waals surface area contributed by atoms with Crippen LogP contribution >= 0.6 is 11.8 Å². The van der Waals surface area contributed by atoms with E-state index >= 15 is 0 Å². The monoisotopic (exact) mass is 242 g/mol. The predicted molar refractivity (Wildman–Crippen MR) is 68.4 cm³/mol. The Morgan fingerprint density at radius 1 is 1.44 bits per heavy atom. The van der Waals surface area contributed by atoms with Crippen LogP contribution in [0.3, 0.4) is 0 Å². The van der Waals surface area contributed by atoms with Crippen molar-refractivity contribution in [2.75, 3.05) is 19.0 Å². The third-order valence-electron chi connectivity index (χ3n) is 2.87. The molecule has 16 heavy (non-hydrogen) atoms. The van der Waals surface area contributed by atoms with Crippen molar-refractivity contribution in [3.05, 3.63) is 0 Å². The molecule has 0 spiro atoms. The van der Waals surface area contributed by atoms with Gasteiger partial charge in [-0.1, -0.05) is 0 Å². The molecule has 0 amide bonds. The number of nitrogens with zero attached hydrogens (tertiary/aromatic N) is 1. The maximum atomic E-state index is 8.76. The van der Waals surface area contributed by atoms with E-state index < -0.39 is 5.54 Å². The molecule has 1 rings (SSSR count). The van der Waals surface area contributed by atoms with E-state index in [1.165, 1.54) is 18.6 Å². The van der Waals surface area contributed by atoms with Gasteiger partial charge in [0.25, 0.3) is 0 Å². The van der Waals surface area contributed by atoms with Crippen molar-refractivity contribution in [3.63, 3.8) is 0 Å². The van der Waals surface area contributed by atoms with Crippen molar-refractivity contribution in [2.45, 2.75) is 49.8 Å². The number of rotatable bonds is 6. The van der Waals surface area contributed by atoms with Crippen molar-refractivity contribution in [3.8, 4) is 6.07 Å². The number of hydrogen-bond donors (Lipinski definition) is 1. The maximum absolute atomic E-state index is 8.76. The second kappa shape index (κ2) is 7.16. The zero-order chi connectivity index (χ0) is 11.9. The number of unbranched alkanes of at least 4 members (excludes halogenated alkanes) is 1. The molecule has 0 aliphatic carbocycles. The van der Waals surface area contributed by atoms with E-state index in [0.29, 0.717) is 0 Å². The second-order valence-corrected chi connectivity index (χ2v) is 6.08. The van der Waals surface area contributed by atoms with Gasteiger partial charge < -0.3 is 10.5 Å². The fraction of sp³-hybridized carbons (Fsp3) is 0.917. The second-order valence-electron chi connectivity index (χ2n) is 4.67. The van der Waals surface area contributed by atoms with E-state index in [1.807, 2.05) is 0 Å². The minimum Gasteiger partial charge on any atom is -0.381 e. The van der Waals surface area contributed by atoms with Gasteiger partial charge in [0.1, 0.15) is 5.54 Å². The van der Waals surface area contributed by atoms with Crippen LogP contribution in [0.5, 0.6) is 0 Å². The molecule has 3 nitrogen and oxygen atoms in total. The topological polar surface area (TPSA) is 59.0 Å². The zero-order valence-corrected chi connectivity index (χ0v) is 10.9. The molecular formula is C12H22N2OS. The van der Waals surface area contributed by atoms with Crippen LogP contribution in [-0.4, -0.2) is 29.8 Å². The molecular weight excluding hydrogens is 220 g/mol. The molecule has 1 fully saturated rings. The third kappa shape index (κ3) is 5.74. The summed E-state index contributed by atoms with van der Waals surface area (Å²) >= 11 is 2.05. The minimum absolute atomic E-state index is 0.636. The number of hydrogen-bond acceptors (Lipinski definition) is 4. The molecule has 0 radical (unpaired) electrons. The molecule has 0 aromatic heterocycles. The molecule has 1 aliphatic heterocycles. The molecule has 1 aliphatic rings. The first kappa shape index (κ1) is 13.8. The lowest BCUT2D eigenvalue weighted by Gasteiger charge is -2.21. The van der Waals surface area contributed by atoms with E-state index in [2.05, 4.69) is 17.8 Å². The summed E-state index contributed by atoms with van der Waals surface area (Å²) < 4.78 is 5.32. The standard InChI is InChI=1S/C12H22N2OS/c1-12(14,10-13)6-2-3-9-16-11-4-7-15-8-5-11/h11H,2-9,14H2,1H3. The summed E-state index contributed by atoms with van der Waals surface area (Å²) in [7, 11) is 0. The Hall–Kier alpha value is -0.240. The lowest BCUT2D eigenvalue weighted by molar-refractivity contribution is 0.100. The van der Waals surface area contributed by atoms with Crippen molar-refractivity contribution >= 4 is 11.8 Å². The van der Waals surface area contributed by atoms with Crippen LogP contribution in [0.1, 0.15) is 39.0 Å². The van der Waals surface area contributed by atoms with Crippen LogP contribution in [0.4, 0.5) is 0 Å². The van der Waals surface area contributed by atoms with E-state index in [4.69, 9.17) is 15.7 Å². The van der Waals surface area contributed by atoms with Gasteiger partial charge in [0.15, 0.2) is 0 Å². The van der Waals surface area contributed by atoms with Gasteiger partial charge in [0.05, 0.1) is 6.07 Å². The number of ether oxygens (including phenoxy) is 1. The highest BCUT2D eigenvalue weighted by atomic mass is 32.2. The Morgan fingerprint density at radius 2 is 2.12 bits per heavy atom. The Balaban J connectivity index is 1.97. The zero-order valence-electron chi connectivity index (χ0n) is 10.1. The summed E-state index contributed by atoms with van der Waals surface area (Å²) in [4.78, 5) is 0. The molecule has 0 aromatic rings. The molecule has 1 atom stereocenters. The number of nitriles is 1. The van der Waals surface area contributed by atoms with Gasteiger partial charge in [0, 0.05) is 18.5 Å². The first-order chi connectivity index (χ1) is 7.64. The Kier molecular flexibility index (Phi) is 6.18. The summed E-state index contributed by atoms with van der Waals surface area (Å²) in [5, 5.41) is 9.55. The van der Waals surface area contributed by atoms with E-state index in [0.717, 1.165) is 37.7 Å². The fourth-order valence-electron chi connectivity index (χ4n) is 1.74. The molecule has 0 saturated carbocycles. The van der Waals surface area contributed by atoms with Crippen molar-refractivity contribution in [1.29, 1.82) is 5.26 Å². The Labute approximate surface area is 103 Å². The smallest absolute Gasteiger partial charge is 0.101 e. The molecule has 2 N–H and O–H groups in total. The highest BCUT2D eigenvalue weighted by Gasteiger charge is 2.17. The van der Waals surface area contributed by atoms with Crippen molar-refractivity contribution < 1.29 is 4.74 Å². The van der Waals surface area contributed by atoms with Crippen LogP contribution in [0.2, 0.25) is 0 Å². The van der Waals surface area contributed by atoms with Crippen LogP contribution in [0.25, 0.3) is 0 Å². The fourth-order valence-corrected chi connectivity index (χ4v) is 2.97. The molecule has 1 heterocycles. The van der Waals surface area contributed by atoms with E-state index in [1.54, 1.807) is 6.92 Å². The lowest BCUT2D eigenvalue weighted by atomic mass is 9.99. The Morgan fingerprint density at radius 3 is 2.75 bits per heavy atom. The molecule has 92 valence electrons. The van der Waals surface area contributed by atoms with Crippen LogP contribution in [0, 0.1) is 11.3 Å². The van der Waals surface area contributed by atoms with Crippen LogP contribution in [-0.2, 0) is 4.74 Å². The quantitative estimate of drug-likeness (QED) is 0.726. The predicted octanol–water partition coefficient (Wildman–Crippen LogP) is 2.31. The molecule has 4 heteroatoms. The summed E-state index contributed by atoms with van der Waals surface area (Å²) in [6.45, 7) is 3.65. The normalized spacial score (nSPS) is 21.3. The summed E-state index contributed by atoms with van der Waals surface area (Å²) in [6, 6.07) is 2.14. The molecule has 0 aromatic carbocycles. The highest BCUT2D eigenvalue weighted by Crippen LogP contribution is 2.23. The summed E-state index contributed by atoms with van der Waals surface area (Å²) in [5.41, 5.74) is 5.12. The Bertz CT molecular complexity index is 232. The molecule has 1 unspecified atom stereocenters. The molecule has 0 bridgehead atoms. The minimum atomic E-state index is -0.636. The number of nitrogens with two attached hydrogens (primary N) is 1. The lowest BCUT2D eigenvalue weighted by Crippen LogP contribution is -2.33.